The molecule has 8 heteroatoms. The maximum absolute atomic E-state index is 6.72. The van der Waals surface area contributed by atoms with Crippen LogP contribution in [-0.2, 0) is 4.74 Å². The van der Waals surface area contributed by atoms with Gasteiger partial charge in [0.25, 0.3) is 0 Å². The van der Waals surface area contributed by atoms with E-state index >= 15 is 0 Å². The molecule has 0 bridgehead atoms. The summed E-state index contributed by atoms with van der Waals surface area (Å²) in [6, 6.07) is 18.3. The smallest absolute Gasteiger partial charge is 0.179 e. The van der Waals surface area contributed by atoms with Crippen molar-refractivity contribution in [1.82, 2.24) is 25.3 Å². The van der Waals surface area contributed by atoms with Gasteiger partial charge in [-0.1, -0.05) is 42.5 Å². The zero-order valence-corrected chi connectivity index (χ0v) is 20.0. The first-order chi connectivity index (χ1) is 16.5. The number of para-hydroxylation sites is 2. The van der Waals surface area contributed by atoms with Crippen LogP contribution in [0.1, 0.15) is 23.1 Å². The van der Waals surface area contributed by atoms with E-state index in [-0.39, 0.29) is 12.2 Å². The Kier molecular flexibility index (Phi) is 6.17. The first-order valence-electron chi connectivity index (χ1n) is 11.6. The molecule has 1 saturated heterocycles. The molecule has 0 unspecified atom stereocenters. The van der Waals surface area contributed by atoms with Gasteiger partial charge in [0.2, 0.25) is 0 Å². The predicted molar refractivity (Wildman–Crippen MR) is 133 cm³/mol. The minimum Gasteiger partial charge on any atom is -0.481 e. The number of aromatic nitrogens is 4. The molecule has 1 aliphatic rings. The summed E-state index contributed by atoms with van der Waals surface area (Å²) in [4.78, 5) is 1.94. The van der Waals surface area contributed by atoms with E-state index in [0.717, 1.165) is 58.2 Å². The second-order valence-electron chi connectivity index (χ2n) is 8.75. The van der Waals surface area contributed by atoms with Crippen molar-refractivity contribution in [1.29, 1.82) is 0 Å². The Morgan fingerprint density at radius 2 is 1.82 bits per heavy atom. The standard InChI is InChI=1S/C26H30N6O2/c1-17-23-18(2)32(30-24(23)26(29-28-17)31(3)4)20-12-8-9-13-21(20)34-25(19-10-6-5-7-11-19)22-16-27-14-15-33-22/h5-13,22,25,27H,14-16H2,1-4H3/t22-,25+/m1/s1. The fraction of sp³-hybridized carbons (Fsp3) is 0.346. The minimum absolute atomic E-state index is 0.0991. The number of nitrogens with zero attached hydrogens (tertiary/aromatic N) is 5. The van der Waals surface area contributed by atoms with Crippen LogP contribution >= 0.6 is 0 Å². The van der Waals surface area contributed by atoms with E-state index in [4.69, 9.17) is 14.6 Å². The van der Waals surface area contributed by atoms with Crippen LogP contribution in [-0.4, -0.2) is 59.9 Å². The molecule has 4 aromatic rings. The lowest BCUT2D eigenvalue weighted by molar-refractivity contribution is -0.0432. The maximum Gasteiger partial charge on any atom is 0.179 e. The second-order valence-corrected chi connectivity index (χ2v) is 8.75. The first-order valence-corrected chi connectivity index (χ1v) is 11.6. The average molecular weight is 459 g/mol. The summed E-state index contributed by atoms with van der Waals surface area (Å²) in [5.41, 5.74) is 4.61. The van der Waals surface area contributed by atoms with Gasteiger partial charge in [-0.15, -0.1) is 5.10 Å². The molecule has 0 radical (unpaired) electrons. The van der Waals surface area contributed by atoms with Crippen molar-refractivity contribution < 1.29 is 9.47 Å². The lowest BCUT2D eigenvalue weighted by Gasteiger charge is -2.32. The highest BCUT2D eigenvalue weighted by molar-refractivity contribution is 5.92. The third-order valence-corrected chi connectivity index (χ3v) is 6.18. The molecule has 2 aromatic carbocycles. The quantitative estimate of drug-likeness (QED) is 0.473. The van der Waals surface area contributed by atoms with Crippen LogP contribution < -0.4 is 15.0 Å². The molecule has 8 nitrogen and oxygen atoms in total. The van der Waals surface area contributed by atoms with Crippen LogP contribution in [0.15, 0.2) is 54.6 Å². The lowest BCUT2D eigenvalue weighted by atomic mass is 10.0. The Bertz CT molecular complexity index is 1280. The Labute approximate surface area is 199 Å². The van der Waals surface area contributed by atoms with E-state index in [1.165, 1.54) is 0 Å². The highest BCUT2D eigenvalue weighted by atomic mass is 16.5. The van der Waals surface area contributed by atoms with Crippen LogP contribution in [0.5, 0.6) is 5.75 Å². The Balaban J connectivity index is 1.60. The lowest BCUT2D eigenvalue weighted by Crippen LogP contribution is -2.43. The summed E-state index contributed by atoms with van der Waals surface area (Å²) in [7, 11) is 3.90. The van der Waals surface area contributed by atoms with Gasteiger partial charge in [0.1, 0.15) is 23.1 Å². The maximum atomic E-state index is 6.72. The van der Waals surface area contributed by atoms with Gasteiger partial charge in [-0.05, 0) is 31.5 Å². The Hall–Kier alpha value is -3.49. The highest BCUT2D eigenvalue weighted by Crippen LogP contribution is 2.34. The highest BCUT2D eigenvalue weighted by Gasteiger charge is 2.29. The molecule has 2 aromatic heterocycles. The molecule has 5 rings (SSSR count). The fourth-order valence-electron chi connectivity index (χ4n) is 4.50. The van der Waals surface area contributed by atoms with Gasteiger partial charge in [0, 0.05) is 27.2 Å². The molecule has 1 fully saturated rings. The zero-order chi connectivity index (χ0) is 23.7. The van der Waals surface area contributed by atoms with E-state index < -0.39 is 0 Å². The molecule has 34 heavy (non-hydrogen) atoms. The van der Waals surface area contributed by atoms with Crippen molar-refractivity contribution in [3.63, 3.8) is 0 Å². The second kappa shape index (κ2) is 9.40. The number of rotatable bonds is 6. The normalized spacial score (nSPS) is 17.0. The summed E-state index contributed by atoms with van der Waals surface area (Å²) in [6.45, 7) is 6.27. The number of hydrogen-bond acceptors (Lipinski definition) is 7. The summed E-state index contributed by atoms with van der Waals surface area (Å²) in [5, 5.41) is 18.1. The third-order valence-electron chi connectivity index (χ3n) is 6.18. The van der Waals surface area contributed by atoms with Gasteiger partial charge in [-0.25, -0.2) is 4.68 Å². The van der Waals surface area contributed by atoms with E-state index in [1.54, 1.807) is 0 Å². The topological polar surface area (TPSA) is 77.3 Å². The number of fused-ring (bicyclic) bond motifs is 1. The number of morpholine rings is 1. The van der Waals surface area contributed by atoms with Crippen molar-refractivity contribution in [2.45, 2.75) is 26.1 Å². The molecule has 1 N–H and O–H groups in total. The van der Waals surface area contributed by atoms with Gasteiger partial charge in [0.05, 0.1) is 23.4 Å². The summed E-state index contributed by atoms with van der Waals surface area (Å²) >= 11 is 0. The van der Waals surface area contributed by atoms with Crippen molar-refractivity contribution >= 4 is 16.7 Å². The number of nitrogens with one attached hydrogen (secondary N) is 1. The fourth-order valence-corrected chi connectivity index (χ4v) is 4.50. The third kappa shape index (κ3) is 4.10. The summed E-state index contributed by atoms with van der Waals surface area (Å²) in [5.74, 6) is 1.48. The molecule has 0 saturated carbocycles. The van der Waals surface area contributed by atoms with E-state index in [0.29, 0.717) is 6.61 Å². The zero-order valence-electron chi connectivity index (χ0n) is 20.0. The van der Waals surface area contributed by atoms with Gasteiger partial charge in [0.15, 0.2) is 11.9 Å². The minimum atomic E-state index is -0.261. The molecule has 0 amide bonds. The number of ether oxygens (including phenoxy) is 2. The van der Waals surface area contributed by atoms with Crippen LogP contribution in [0.4, 0.5) is 5.82 Å². The molecule has 0 spiro atoms. The molecule has 176 valence electrons. The summed E-state index contributed by atoms with van der Waals surface area (Å²) in [6.07, 6.45) is -0.360. The number of anilines is 1. The predicted octanol–water partition coefficient (Wildman–Crippen LogP) is 3.61. The molecule has 0 aliphatic carbocycles. The van der Waals surface area contributed by atoms with E-state index in [9.17, 15) is 0 Å². The largest absolute Gasteiger partial charge is 0.481 e. The van der Waals surface area contributed by atoms with Crippen molar-refractivity contribution in [2.75, 3.05) is 38.7 Å². The van der Waals surface area contributed by atoms with Crippen LogP contribution in [0.25, 0.3) is 16.6 Å². The monoisotopic (exact) mass is 458 g/mol. The van der Waals surface area contributed by atoms with Crippen LogP contribution in [0.3, 0.4) is 0 Å². The Morgan fingerprint density at radius 1 is 1.06 bits per heavy atom. The molecule has 1 aliphatic heterocycles. The molecule has 3 heterocycles. The SMILES string of the molecule is Cc1nnc(N(C)C)c2nn(-c3ccccc3O[C@@H](c3ccccc3)[C@H]3CNCCO3)c(C)c12. The van der Waals surface area contributed by atoms with E-state index in [1.807, 2.05) is 73.1 Å². The van der Waals surface area contributed by atoms with Gasteiger partial charge < -0.3 is 19.7 Å². The number of hydrogen-bond donors (Lipinski definition) is 1. The van der Waals surface area contributed by atoms with E-state index in [2.05, 4.69) is 34.6 Å². The number of aryl methyl sites for hydroxylation is 2. The molecular formula is C26H30N6O2. The molecular weight excluding hydrogens is 428 g/mol. The van der Waals surface area contributed by atoms with Gasteiger partial charge in [-0.3, -0.25) is 0 Å². The Morgan fingerprint density at radius 3 is 2.56 bits per heavy atom. The van der Waals surface area contributed by atoms with Crippen LogP contribution in [0.2, 0.25) is 0 Å². The number of benzene rings is 2. The average Bonchev–Trinajstić information content (AvgIpc) is 3.21. The van der Waals surface area contributed by atoms with Crippen molar-refractivity contribution in [2.24, 2.45) is 0 Å². The van der Waals surface area contributed by atoms with Crippen molar-refractivity contribution in [3.8, 4) is 11.4 Å². The van der Waals surface area contributed by atoms with Crippen molar-refractivity contribution in [3.05, 3.63) is 71.5 Å². The van der Waals surface area contributed by atoms with Crippen LogP contribution in [0, 0.1) is 13.8 Å². The summed E-state index contributed by atoms with van der Waals surface area (Å²) < 4.78 is 14.8. The first kappa shape index (κ1) is 22.3. The molecule has 2 atom stereocenters. The van der Waals surface area contributed by atoms with Gasteiger partial charge in [-0.2, -0.15) is 10.2 Å². The van der Waals surface area contributed by atoms with Gasteiger partial charge >= 0.3 is 0 Å².